The molecule has 0 spiro atoms. The summed E-state index contributed by atoms with van der Waals surface area (Å²) in [5.41, 5.74) is 0.481. The van der Waals surface area contributed by atoms with Crippen molar-refractivity contribution in [2.24, 2.45) is 17.3 Å². The molecule has 0 aromatic rings. The van der Waals surface area contributed by atoms with E-state index in [2.05, 4.69) is 32.1 Å². The van der Waals surface area contributed by atoms with Gasteiger partial charge in [-0.15, -0.1) is 0 Å². The summed E-state index contributed by atoms with van der Waals surface area (Å²) in [7, 11) is 0. The van der Waals surface area contributed by atoms with Gasteiger partial charge in [-0.25, -0.2) is 0 Å². The van der Waals surface area contributed by atoms with Gasteiger partial charge in [-0.3, -0.25) is 0 Å². The van der Waals surface area contributed by atoms with E-state index in [1.807, 2.05) is 6.08 Å². The second-order valence-corrected chi connectivity index (χ2v) is 3.35. The first-order valence-corrected chi connectivity index (χ1v) is 3.52. The standard InChI is InChI=1S/C9H11/c1-7-8-5-3-4-6-9(7,8)2/h3,5-8H,1-2H3. The van der Waals surface area contributed by atoms with Gasteiger partial charge in [0.2, 0.25) is 0 Å². The summed E-state index contributed by atoms with van der Waals surface area (Å²) >= 11 is 0. The predicted octanol–water partition coefficient (Wildman–Crippen LogP) is 2.19. The maximum atomic E-state index is 3.14. The van der Waals surface area contributed by atoms with Crippen molar-refractivity contribution in [1.82, 2.24) is 0 Å². The van der Waals surface area contributed by atoms with Crippen LogP contribution in [0, 0.1) is 23.3 Å². The van der Waals surface area contributed by atoms with E-state index in [4.69, 9.17) is 0 Å². The minimum Gasteiger partial charge on any atom is -0.0796 e. The van der Waals surface area contributed by atoms with Crippen LogP contribution in [0.15, 0.2) is 18.2 Å². The van der Waals surface area contributed by atoms with Crippen LogP contribution in [0.4, 0.5) is 0 Å². The summed E-state index contributed by atoms with van der Waals surface area (Å²) in [5, 5.41) is 0. The minimum atomic E-state index is 0.481. The summed E-state index contributed by atoms with van der Waals surface area (Å²) in [6, 6.07) is 0. The van der Waals surface area contributed by atoms with Crippen LogP contribution >= 0.6 is 0 Å². The van der Waals surface area contributed by atoms with E-state index in [9.17, 15) is 0 Å². The van der Waals surface area contributed by atoms with Crippen LogP contribution in [0.5, 0.6) is 0 Å². The number of fused-ring (bicyclic) bond motifs is 1. The van der Waals surface area contributed by atoms with Gasteiger partial charge >= 0.3 is 0 Å². The molecule has 0 bridgehead atoms. The number of hydrogen-bond donors (Lipinski definition) is 0. The van der Waals surface area contributed by atoms with Crippen molar-refractivity contribution in [3.63, 3.8) is 0 Å². The van der Waals surface area contributed by atoms with Crippen molar-refractivity contribution in [2.45, 2.75) is 13.8 Å². The molecule has 0 heterocycles. The molecule has 0 aromatic heterocycles. The maximum absolute atomic E-state index is 3.14. The van der Waals surface area contributed by atoms with Gasteiger partial charge in [-0.05, 0) is 23.3 Å². The van der Waals surface area contributed by atoms with Crippen molar-refractivity contribution in [3.8, 4) is 0 Å². The van der Waals surface area contributed by atoms with Crippen molar-refractivity contribution in [2.75, 3.05) is 0 Å². The summed E-state index contributed by atoms with van der Waals surface area (Å²) < 4.78 is 0. The highest BCUT2D eigenvalue weighted by Crippen LogP contribution is 2.61. The van der Waals surface area contributed by atoms with Gasteiger partial charge in [0.05, 0.1) is 0 Å². The smallest absolute Gasteiger partial charge is 0.00401 e. The zero-order chi connectivity index (χ0) is 6.48. The first-order chi connectivity index (χ1) is 4.25. The average molecular weight is 119 g/mol. The molecular weight excluding hydrogens is 108 g/mol. The van der Waals surface area contributed by atoms with E-state index in [1.165, 1.54) is 0 Å². The van der Waals surface area contributed by atoms with E-state index in [-0.39, 0.29) is 0 Å². The molecule has 2 rings (SSSR count). The van der Waals surface area contributed by atoms with Gasteiger partial charge < -0.3 is 0 Å². The van der Waals surface area contributed by atoms with Crippen molar-refractivity contribution < 1.29 is 0 Å². The monoisotopic (exact) mass is 119 g/mol. The molecule has 2 aliphatic carbocycles. The molecule has 1 fully saturated rings. The average Bonchev–Trinajstić information content (AvgIpc) is 2.38. The van der Waals surface area contributed by atoms with E-state index in [1.54, 1.807) is 0 Å². The normalized spacial score (nSPS) is 53.1. The second-order valence-electron chi connectivity index (χ2n) is 3.35. The third-order valence-electron chi connectivity index (χ3n) is 2.92. The minimum absolute atomic E-state index is 0.481. The Bertz CT molecular complexity index is 188. The molecule has 1 saturated carbocycles. The molecular formula is C9H11. The van der Waals surface area contributed by atoms with E-state index in [0.29, 0.717) is 5.41 Å². The van der Waals surface area contributed by atoms with Gasteiger partial charge in [-0.2, -0.15) is 0 Å². The summed E-state index contributed by atoms with van der Waals surface area (Å²) in [6.45, 7) is 4.61. The fourth-order valence-corrected chi connectivity index (χ4v) is 1.78. The number of rotatable bonds is 0. The molecule has 3 unspecified atom stereocenters. The summed E-state index contributed by atoms with van der Waals surface area (Å²) in [4.78, 5) is 0. The zero-order valence-electron chi connectivity index (χ0n) is 5.89. The van der Waals surface area contributed by atoms with Crippen LogP contribution in [-0.2, 0) is 0 Å². The topological polar surface area (TPSA) is 0 Å². The molecule has 2 aliphatic rings. The van der Waals surface area contributed by atoms with Crippen molar-refractivity contribution in [3.05, 3.63) is 24.3 Å². The van der Waals surface area contributed by atoms with Crippen LogP contribution in [0.2, 0.25) is 0 Å². The first kappa shape index (κ1) is 5.28. The Hall–Kier alpha value is -0.520. The fourth-order valence-electron chi connectivity index (χ4n) is 1.78. The lowest BCUT2D eigenvalue weighted by molar-refractivity contribution is 0.645. The molecule has 0 saturated heterocycles. The molecule has 47 valence electrons. The second kappa shape index (κ2) is 1.31. The van der Waals surface area contributed by atoms with Crippen LogP contribution in [0.25, 0.3) is 0 Å². The van der Waals surface area contributed by atoms with Crippen LogP contribution in [-0.4, -0.2) is 0 Å². The Morgan fingerprint density at radius 3 is 2.78 bits per heavy atom. The molecule has 0 aliphatic heterocycles. The van der Waals surface area contributed by atoms with Crippen LogP contribution in [0.3, 0.4) is 0 Å². The maximum Gasteiger partial charge on any atom is -0.00401 e. The van der Waals surface area contributed by atoms with Crippen molar-refractivity contribution in [1.29, 1.82) is 0 Å². The lowest BCUT2D eigenvalue weighted by atomic mass is 10.0. The third-order valence-corrected chi connectivity index (χ3v) is 2.92. The largest absolute Gasteiger partial charge is 0.0796 e. The Labute approximate surface area is 56.3 Å². The quantitative estimate of drug-likeness (QED) is 0.458. The molecule has 0 amide bonds. The SMILES string of the molecule is CC1C2C=C[C]=CC12C. The Balaban J connectivity index is 2.33. The number of allylic oxidation sites excluding steroid dienone is 4. The lowest BCUT2D eigenvalue weighted by Gasteiger charge is -2.02. The highest BCUT2D eigenvalue weighted by Gasteiger charge is 2.55. The molecule has 3 atom stereocenters. The zero-order valence-corrected chi connectivity index (χ0v) is 5.89. The third kappa shape index (κ3) is 0.487. The van der Waals surface area contributed by atoms with E-state index in [0.717, 1.165) is 11.8 Å². The first-order valence-electron chi connectivity index (χ1n) is 3.52. The van der Waals surface area contributed by atoms with Gasteiger partial charge in [-0.1, -0.05) is 32.1 Å². The van der Waals surface area contributed by atoms with Crippen molar-refractivity contribution >= 4 is 0 Å². The van der Waals surface area contributed by atoms with Crippen LogP contribution < -0.4 is 0 Å². The molecule has 9 heavy (non-hydrogen) atoms. The molecule has 0 aromatic carbocycles. The Morgan fingerprint density at radius 2 is 2.33 bits per heavy atom. The Kier molecular flexibility index (Phi) is 0.769. The summed E-state index contributed by atoms with van der Waals surface area (Å²) in [6.07, 6.45) is 9.66. The predicted molar refractivity (Wildman–Crippen MR) is 37.7 cm³/mol. The highest BCUT2D eigenvalue weighted by atomic mass is 14.6. The van der Waals surface area contributed by atoms with Gasteiger partial charge in [0.15, 0.2) is 0 Å². The fraction of sp³-hybridized carbons (Fsp3) is 0.556. The summed E-state index contributed by atoms with van der Waals surface area (Å²) in [5.74, 6) is 1.67. The lowest BCUT2D eigenvalue weighted by Crippen LogP contribution is -1.93. The van der Waals surface area contributed by atoms with Gasteiger partial charge in [0.1, 0.15) is 0 Å². The van der Waals surface area contributed by atoms with Gasteiger partial charge in [0, 0.05) is 0 Å². The molecule has 0 nitrogen and oxygen atoms in total. The Morgan fingerprint density at radius 1 is 1.56 bits per heavy atom. The van der Waals surface area contributed by atoms with E-state index < -0.39 is 0 Å². The van der Waals surface area contributed by atoms with Crippen LogP contribution in [0.1, 0.15) is 13.8 Å². The van der Waals surface area contributed by atoms with E-state index >= 15 is 0 Å². The number of hydrogen-bond acceptors (Lipinski definition) is 0. The molecule has 0 N–H and O–H groups in total. The molecule has 0 heteroatoms. The molecule has 1 radical (unpaired) electrons. The highest BCUT2D eigenvalue weighted by molar-refractivity contribution is 5.27. The van der Waals surface area contributed by atoms with Gasteiger partial charge in [0.25, 0.3) is 0 Å².